The molecule has 2 rings (SSSR count). The van der Waals surface area contributed by atoms with Crippen molar-refractivity contribution < 1.29 is 9.59 Å². The van der Waals surface area contributed by atoms with Crippen LogP contribution in [-0.2, 0) is 11.3 Å². The van der Waals surface area contributed by atoms with Crippen LogP contribution in [0, 0.1) is 0 Å². The number of imide groups is 1. The second-order valence-electron chi connectivity index (χ2n) is 4.31. The summed E-state index contributed by atoms with van der Waals surface area (Å²) in [7, 11) is 0. The zero-order chi connectivity index (χ0) is 14.0. The summed E-state index contributed by atoms with van der Waals surface area (Å²) in [4.78, 5) is 28.8. The van der Waals surface area contributed by atoms with Crippen LogP contribution < -0.4 is 5.32 Å². The zero-order valence-electron chi connectivity index (χ0n) is 10.3. The van der Waals surface area contributed by atoms with E-state index in [4.69, 9.17) is 23.2 Å². The number of hydrogen-bond donors (Lipinski definition) is 1. The highest BCUT2D eigenvalue weighted by Gasteiger charge is 2.37. The van der Waals surface area contributed by atoms with Crippen molar-refractivity contribution >= 4 is 35.1 Å². The van der Waals surface area contributed by atoms with Crippen molar-refractivity contribution in [2.45, 2.75) is 32.4 Å². The summed E-state index contributed by atoms with van der Waals surface area (Å²) in [6, 6.07) is 0.659. The lowest BCUT2D eigenvalue weighted by atomic mass is 10.1. The third kappa shape index (κ3) is 2.98. The minimum absolute atomic E-state index is 0.105. The number of amides is 3. The molecule has 0 aromatic carbocycles. The molecule has 0 saturated carbocycles. The van der Waals surface area contributed by atoms with Crippen molar-refractivity contribution in [2.24, 2.45) is 0 Å². The van der Waals surface area contributed by atoms with Crippen molar-refractivity contribution in [3.63, 3.8) is 0 Å². The van der Waals surface area contributed by atoms with Gasteiger partial charge in [-0.25, -0.2) is 9.78 Å². The Hall–Kier alpha value is -1.33. The van der Waals surface area contributed by atoms with E-state index in [-0.39, 0.29) is 17.6 Å². The molecule has 1 fully saturated rings. The molecule has 1 unspecified atom stereocenters. The Morgan fingerprint density at radius 3 is 2.79 bits per heavy atom. The first kappa shape index (κ1) is 14.1. The second kappa shape index (κ2) is 5.75. The van der Waals surface area contributed by atoms with Crippen LogP contribution in [0.1, 0.15) is 25.3 Å². The van der Waals surface area contributed by atoms with E-state index in [0.717, 1.165) is 11.3 Å². The molecular formula is C12H13Cl2N3O2. The first-order chi connectivity index (χ1) is 9.02. The monoisotopic (exact) mass is 301 g/mol. The summed E-state index contributed by atoms with van der Waals surface area (Å²) in [5.74, 6) is -0.224. The summed E-state index contributed by atoms with van der Waals surface area (Å²) < 4.78 is 0. The van der Waals surface area contributed by atoms with Gasteiger partial charge in [0, 0.05) is 11.8 Å². The number of hydrogen-bond acceptors (Lipinski definition) is 3. The first-order valence-electron chi connectivity index (χ1n) is 5.94. The second-order valence-corrected chi connectivity index (χ2v) is 5.11. The fraction of sp³-hybridized carbons (Fsp3) is 0.417. The van der Waals surface area contributed by atoms with Crippen LogP contribution in [0.25, 0.3) is 0 Å². The third-order valence-corrected chi connectivity index (χ3v) is 3.47. The van der Waals surface area contributed by atoms with E-state index < -0.39 is 12.1 Å². The number of nitrogens with one attached hydrogen (secondary N) is 1. The van der Waals surface area contributed by atoms with E-state index in [9.17, 15) is 9.59 Å². The average Bonchev–Trinajstić information content (AvgIpc) is 2.60. The molecule has 1 N–H and O–H groups in total. The summed E-state index contributed by atoms with van der Waals surface area (Å²) in [6.45, 7) is 2.07. The maximum Gasteiger partial charge on any atom is 0.325 e. The van der Waals surface area contributed by atoms with Crippen LogP contribution in [0.4, 0.5) is 4.79 Å². The van der Waals surface area contributed by atoms with Gasteiger partial charge in [0.05, 0.1) is 11.6 Å². The van der Waals surface area contributed by atoms with Gasteiger partial charge in [0.15, 0.2) is 0 Å². The van der Waals surface area contributed by atoms with E-state index in [0.29, 0.717) is 17.0 Å². The Bertz CT molecular complexity index is 522. The maximum atomic E-state index is 12.0. The summed E-state index contributed by atoms with van der Waals surface area (Å²) in [5.41, 5.74) is 0.590. The van der Waals surface area contributed by atoms with Crippen LogP contribution in [-0.4, -0.2) is 27.9 Å². The van der Waals surface area contributed by atoms with Gasteiger partial charge in [-0.3, -0.25) is 9.69 Å². The minimum atomic E-state index is -0.434. The molecule has 0 aliphatic carbocycles. The fourth-order valence-electron chi connectivity index (χ4n) is 1.93. The fourth-order valence-corrected chi connectivity index (χ4v) is 2.36. The van der Waals surface area contributed by atoms with Crippen LogP contribution in [0.15, 0.2) is 12.3 Å². The van der Waals surface area contributed by atoms with Gasteiger partial charge in [0.25, 0.3) is 5.91 Å². The quantitative estimate of drug-likeness (QED) is 0.687. The van der Waals surface area contributed by atoms with Crippen LogP contribution in [0.5, 0.6) is 0 Å². The van der Waals surface area contributed by atoms with Gasteiger partial charge in [-0.15, -0.1) is 0 Å². The predicted octanol–water partition coefficient (Wildman–Crippen LogP) is 2.61. The van der Waals surface area contributed by atoms with Crippen molar-refractivity contribution in [1.29, 1.82) is 0 Å². The minimum Gasteiger partial charge on any atom is -0.326 e. The van der Waals surface area contributed by atoms with Gasteiger partial charge in [0.1, 0.15) is 11.2 Å². The largest absolute Gasteiger partial charge is 0.326 e. The molecule has 1 aliphatic rings. The van der Waals surface area contributed by atoms with Crippen LogP contribution in [0.2, 0.25) is 10.2 Å². The molecule has 0 spiro atoms. The zero-order valence-corrected chi connectivity index (χ0v) is 11.8. The highest BCUT2D eigenvalue weighted by Crippen LogP contribution is 2.22. The van der Waals surface area contributed by atoms with Gasteiger partial charge < -0.3 is 5.32 Å². The SMILES string of the molecule is CCCC1NC(=O)N(Cc2cnc(Cl)cc2Cl)C1=O. The molecule has 102 valence electrons. The summed E-state index contributed by atoms with van der Waals surface area (Å²) >= 11 is 11.7. The first-order valence-corrected chi connectivity index (χ1v) is 6.70. The molecule has 1 aromatic heterocycles. The summed E-state index contributed by atoms with van der Waals surface area (Å²) in [5, 5.41) is 3.32. The predicted molar refractivity (Wildman–Crippen MR) is 72.0 cm³/mol. The average molecular weight is 302 g/mol. The maximum absolute atomic E-state index is 12.0. The highest BCUT2D eigenvalue weighted by atomic mass is 35.5. The van der Waals surface area contributed by atoms with Crippen molar-refractivity contribution in [3.8, 4) is 0 Å². The summed E-state index contributed by atoms with van der Waals surface area (Å²) in [6.07, 6.45) is 2.93. The number of urea groups is 1. The molecular weight excluding hydrogens is 289 g/mol. The number of pyridine rings is 1. The molecule has 1 saturated heterocycles. The van der Waals surface area contributed by atoms with E-state index in [1.54, 1.807) is 0 Å². The molecule has 0 bridgehead atoms. The Morgan fingerprint density at radius 1 is 1.42 bits per heavy atom. The van der Waals surface area contributed by atoms with E-state index in [1.807, 2.05) is 6.92 Å². The number of halogens is 2. The van der Waals surface area contributed by atoms with E-state index in [1.165, 1.54) is 12.3 Å². The lowest BCUT2D eigenvalue weighted by Gasteiger charge is -2.13. The Labute approximate surface area is 120 Å². The Morgan fingerprint density at radius 2 is 2.16 bits per heavy atom. The Kier molecular flexibility index (Phi) is 4.27. The molecule has 19 heavy (non-hydrogen) atoms. The van der Waals surface area contributed by atoms with Gasteiger partial charge in [-0.2, -0.15) is 0 Å². The Balaban J connectivity index is 2.14. The molecule has 2 heterocycles. The molecule has 1 atom stereocenters. The molecule has 7 heteroatoms. The van der Waals surface area contributed by atoms with Gasteiger partial charge in [-0.05, 0) is 12.5 Å². The topological polar surface area (TPSA) is 62.3 Å². The van der Waals surface area contributed by atoms with Crippen LogP contribution >= 0.6 is 23.2 Å². The lowest BCUT2D eigenvalue weighted by molar-refractivity contribution is -0.128. The number of carbonyl (C=O) groups excluding carboxylic acids is 2. The van der Waals surface area contributed by atoms with Crippen molar-refractivity contribution in [3.05, 3.63) is 28.0 Å². The third-order valence-electron chi connectivity index (χ3n) is 2.91. The lowest BCUT2D eigenvalue weighted by Crippen LogP contribution is -2.31. The van der Waals surface area contributed by atoms with Gasteiger partial charge in [0.2, 0.25) is 0 Å². The molecule has 1 aliphatic heterocycles. The standard InChI is InChI=1S/C12H13Cl2N3O2/c1-2-3-9-11(18)17(12(19)16-9)6-7-5-15-10(14)4-8(7)13/h4-5,9H,2-3,6H2,1H3,(H,16,19). The van der Waals surface area contributed by atoms with E-state index in [2.05, 4.69) is 10.3 Å². The van der Waals surface area contributed by atoms with Gasteiger partial charge in [-0.1, -0.05) is 36.5 Å². The van der Waals surface area contributed by atoms with Crippen molar-refractivity contribution in [2.75, 3.05) is 0 Å². The van der Waals surface area contributed by atoms with Gasteiger partial charge >= 0.3 is 6.03 Å². The smallest absolute Gasteiger partial charge is 0.325 e. The molecule has 0 radical (unpaired) electrons. The molecule has 5 nitrogen and oxygen atoms in total. The molecule has 3 amide bonds. The number of aromatic nitrogens is 1. The molecule has 1 aromatic rings. The normalized spacial score (nSPS) is 18.9. The highest BCUT2D eigenvalue weighted by molar-refractivity contribution is 6.34. The number of carbonyl (C=O) groups is 2. The van der Waals surface area contributed by atoms with Crippen molar-refractivity contribution in [1.82, 2.24) is 15.2 Å². The number of nitrogens with zero attached hydrogens (tertiary/aromatic N) is 2. The van der Waals surface area contributed by atoms with E-state index >= 15 is 0 Å². The van der Waals surface area contributed by atoms with Crippen LogP contribution in [0.3, 0.4) is 0 Å². The number of rotatable bonds is 4.